The first-order valence-corrected chi connectivity index (χ1v) is 6.73. The number of nitrogens with zero attached hydrogens (tertiary/aromatic N) is 3. The van der Waals surface area contributed by atoms with Gasteiger partial charge >= 0.3 is 0 Å². The summed E-state index contributed by atoms with van der Waals surface area (Å²) in [4.78, 5) is 9.41. The van der Waals surface area contributed by atoms with E-state index in [1.165, 1.54) is 11.8 Å². The summed E-state index contributed by atoms with van der Waals surface area (Å²) in [7, 11) is 0. The molecule has 1 aromatic carbocycles. The fraction of sp³-hybridized carbons (Fsp3) is 0. The molecule has 0 amide bonds. The number of halogens is 1. The van der Waals surface area contributed by atoms with Crippen LogP contribution < -0.4 is 5.73 Å². The molecule has 0 spiro atoms. The van der Waals surface area contributed by atoms with Gasteiger partial charge < -0.3 is 5.73 Å². The number of hydrogen-bond donors (Lipinski definition) is 2. The SMILES string of the molecule is Nc1nc(Sc2cccc(Br)c2)c2cn[nH]c2n1. The van der Waals surface area contributed by atoms with E-state index in [0.29, 0.717) is 5.65 Å². The molecule has 90 valence electrons. The van der Waals surface area contributed by atoms with Crippen molar-refractivity contribution in [2.75, 3.05) is 5.73 Å². The van der Waals surface area contributed by atoms with E-state index in [4.69, 9.17) is 5.73 Å². The molecule has 3 aromatic rings. The largest absolute Gasteiger partial charge is 0.368 e. The molecule has 5 nitrogen and oxygen atoms in total. The van der Waals surface area contributed by atoms with Crippen LogP contribution in [-0.4, -0.2) is 20.2 Å². The van der Waals surface area contributed by atoms with Gasteiger partial charge in [-0.05, 0) is 18.2 Å². The van der Waals surface area contributed by atoms with Gasteiger partial charge in [0.2, 0.25) is 5.95 Å². The highest BCUT2D eigenvalue weighted by Crippen LogP contribution is 2.32. The first-order chi connectivity index (χ1) is 8.72. The van der Waals surface area contributed by atoms with Gasteiger partial charge in [0, 0.05) is 9.37 Å². The minimum atomic E-state index is 0.240. The second-order valence-electron chi connectivity index (χ2n) is 3.58. The molecule has 0 aliphatic rings. The van der Waals surface area contributed by atoms with Gasteiger partial charge in [-0.15, -0.1) is 0 Å². The molecule has 0 unspecified atom stereocenters. The standard InChI is InChI=1S/C11H8BrN5S/c12-6-2-1-3-7(4-6)18-10-8-5-14-17-9(8)15-11(13)16-10/h1-5H,(H3,13,14,15,16,17). The van der Waals surface area contributed by atoms with Gasteiger partial charge in [0.15, 0.2) is 5.65 Å². The van der Waals surface area contributed by atoms with Crippen molar-refractivity contribution in [3.05, 3.63) is 34.9 Å². The van der Waals surface area contributed by atoms with Crippen LogP contribution in [0.15, 0.2) is 44.9 Å². The van der Waals surface area contributed by atoms with Gasteiger partial charge in [-0.2, -0.15) is 10.1 Å². The van der Waals surface area contributed by atoms with Crippen LogP contribution in [0.25, 0.3) is 11.0 Å². The average Bonchev–Trinajstić information content (AvgIpc) is 2.77. The molecule has 7 heteroatoms. The number of benzene rings is 1. The fourth-order valence-electron chi connectivity index (χ4n) is 1.54. The number of anilines is 1. The van der Waals surface area contributed by atoms with Crippen LogP contribution in [0.2, 0.25) is 0 Å². The lowest BCUT2D eigenvalue weighted by molar-refractivity contribution is 1.08. The number of aromatic amines is 1. The van der Waals surface area contributed by atoms with Gasteiger partial charge in [-0.25, -0.2) is 4.98 Å². The Morgan fingerprint density at radius 3 is 3.00 bits per heavy atom. The Morgan fingerprint density at radius 1 is 1.28 bits per heavy atom. The number of H-pyrrole nitrogens is 1. The normalized spacial score (nSPS) is 10.9. The van der Waals surface area contributed by atoms with Crippen molar-refractivity contribution in [2.45, 2.75) is 9.92 Å². The molecule has 0 saturated carbocycles. The van der Waals surface area contributed by atoms with Crippen LogP contribution in [0.4, 0.5) is 5.95 Å². The molecular formula is C11H8BrN5S. The van der Waals surface area contributed by atoms with Gasteiger partial charge in [0.05, 0.1) is 11.6 Å². The van der Waals surface area contributed by atoms with Crippen molar-refractivity contribution in [3.8, 4) is 0 Å². The molecule has 18 heavy (non-hydrogen) atoms. The Balaban J connectivity index is 2.06. The third kappa shape index (κ3) is 2.19. The van der Waals surface area contributed by atoms with E-state index in [0.717, 1.165) is 19.8 Å². The first kappa shape index (κ1) is 11.5. The summed E-state index contributed by atoms with van der Waals surface area (Å²) in [6.45, 7) is 0. The molecule has 2 heterocycles. The highest BCUT2D eigenvalue weighted by atomic mass is 79.9. The minimum Gasteiger partial charge on any atom is -0.368 e. The molecule has 0 aliphatic carbocycles. The molecule has 0 fully saturated rings. The van der Waals surface area contributed by atoms with Crippen LogP contribution in [0.1, 0.15) is 0 Å². The molecule has 0 bridgehead atoms. The second kappa shape index (κ2) is 4.58. The monoisotopic (exact) mass is 321 g/mol. The van der Waals surface area contributed by atoms with Crippen LogP contribution in [0.3, 0.4) is 0 Å². The summed E-state index contributed by atoms with van der Waals surface area (Å²) in [5, 5.41) is 8.42. The van der Waals surface area contributed by atoms with E-state index in [1.807, 2.05) is 24.3 Å². The Hall–Kier alpha value is -1.60. The Labute approximate surface area is 115 Å². The number of nitrogens with one attached hydrogen (secondary N) is 1. The molecule has 2 aromatic heterocycles. The molecular weight excluding hydrogens is 314 g/mol. The predicted molar refractivity (Wildman–Crippen MR) is 74.4 cm³/mol. The number of nitrogens with two attached hydrogens (primary N) is 1. The molecule has 0 radical (unpaired) electrons. The fourth-order valence-corrected chi connectivity index (χ4v) is 3.05. The predicted octanol–water partition coefficient (Wildman–Crippen LogP) is 2.85. The highest BCUT2D eigenvalue weighted by Gasteiger charge is 2.09. The van der Waals surface area contributed by atoms with E-state index < -0.39 is 0 Å². The lowest BCUT2D eigenvalue weighted by Crippen LogP contribution is -1.96. The van der Waals surface area contributed by atoms with E-state index in [9.17, 15) is 0 Å². The van der Waals surface area contributed by atoms with Gasteiger partial charge in [0.25, 0.3) is 0 Å². The second-order valence-corrected chi connectivity index (χ2v) is 5.56. The van der Waals surface area contributed by atoms with Crippen molar-refractivity contribution in [3.63, 3.8) is 0 Å². The summed E-state index contributed by atoms with van der Waals surface area (Å²) in [6.07, 6.45) is 1.70. The zero-order valence-electron chi connectivity index (χ0n) is 9.09. The lowest BCUT2D eigenvalue weighted by atomic mass is 10.4. The molecule has 0 atom stereocenters. The van der Waals surface area contributed by atoms with Crippen LogP contribution >= 0.6 is 27.7 Å². The summed E-state index contributed by atoms with van der Waals surface area (Å²) >= 11 is 4.97. The van der Waals surface area contributed by atoms with Gasteiger partial charge in [-0.1, -0.05) is 33.8 Å². The molecule has 3 rings (SSSR count). The zero-order chi connectivity index (χ0) is 12.5. The smallest absolute Gasteiger partial charge is 0.223 e. The average molecular weight is 322 g/mol. The zero-order valence-corrected chi connectivity index (χ0v) is 11.5. The molecule has 0 aliphatic heterocycles. The quantitative estimate of drug-likeness (QED) is 0.709. The minimum absolute atomic E-state index is 0.240. The van der Waals surface area contributed by atoms with Crippen LogP contribution in [0.5, 0.6) is 0 Å². The van der Waals surface area contributed by atoms with Crippen molar-refractivity contribution in [2.24, 2.45) is 0 Å². The molecule has 0 saturated heterocycles. The highest BCUT2D eigenvalue weighted by molar-refractivity contribution is 9.10. The third-order valence-corrected chi connectivity index (χ3v) is 3.79. The first-order valence-electron chi connectivity index (χ1n) is 5.12. The maximum Gasteiger partial charge on any atom is 0.223 e. The van der Waals surface area contributed by atoms with E-state index in [-0.39, 0.29) is 5.95 Å². The number of rotatable bonds is 2. The maximum absolute atomic E-state index is 5.67. The number of hydrogen-bond acceptors (Lipinski definition) is 5. The number of aromatic nitrogens is 4. The Bertz CT molecular complexity index is 711. The maximum atomic E-state index is 5.67. The summed E-state index contributed by atoms with van der Waals surface area (Å²) in [5.74, 6) is 0.240. The molecule has 3 N–H and O–H groups in total. The topological polar surface area (TPSA) is 80.5 Å². The van der Waals surface area contributed by atoms with E-state index >= 15 is 0 Å². The van der Waals surface area contributed by atoms with Crippen molar-refractivity contribution < 1.29 is 0 Å². The van der Waals surface area contributed by atoms with Crippen molar-refractivity contribution in [1.82, 2.24) is 20.2 Å². The summed E-state index contributed by atoms with van der Waals surface area (Å²) in [6, 6.07) is 7.99. The summed E-state index contributed by atoms with van der Waals surface area (Å²) < 4.78 is 1.03. The third-order valence-electron chi connectivity index (χ3n) is 2.30. The van der Waals surface area contributed by atoms with E-state index in [2.05, 4.69) is 36.1 Å². The Morgan fingerprint density at radius 2 is 2.17 bits per heavy atom. The lowest BCUT2D eigenvalue weighted by Gasteiger charge is -2.03. The van der Waals surface area contributed by atoms with Gasteiger partial charge in [0.1, 0.15) is 5.03 Å². The number of nitrogen functional groups attached to an aromatic ring is 1. The van der Waals surface area contributed by atoms with Crippen molar-refractivity contribution >= 4 is 44.7 Å². The summed E-state index contributed by atoms with van der Waals surface area (Å²) in [5.41, 5.74) is 6.33. The van der Waals surface area contributed by atoms with Crippen LogP contribution in [-0.2, 0) is 0 Å². The van der Waals surface area contributed by atoms with Crippen molar-refractivity contribution in [1.29, 1.82) is 0 Å². The van der Waals surface area contributed by atoms with E-state index in [1.54, 1.807) is 6.20 Å². The van der Waals surface area contributed by atoms with Gasteiger partial charge in [-0.3, -0.25) is 5.10 Å². The Kier molecular flexibility index (Phi) is 2.92. The number of fused-ring (bicyclic) bond motifs is 1. The van der Waals surface area contributed by atoms with Crippen LogP contribution in [0, 0.1) is 0 Å².